The van der Waals surface area contributed by atoms with Gasteiger partial charge in [-0.25, -0.2) is 0 Å². The zero-order valence-corrected chi connectivity index (χ0v) is 16.0. The summed E-state index contributed by atoms with van der Waals surface area (Å²) in [5, 5.41) is 2.87. The van der Waals surface area contributed by atoms with E-state index in [9.17, 15) is 13.2 Å². The van der Waals surface area contributed by atoms with Gasteiger partial charge >= 0.3 is 0 Å². The van der Waals surface area contributed by atoms with Crippen molar-refractivity contribution in [1.82, 2.24) is 8.61 Å². The Kier molecular flexibility index (Phi) is 6.42. The molecule has 1 heterocycles. The summed E-state index contributed by atoms with van der Waals surface area (Å²) in [6, 6.07) is 7.22. The molecule has 1 aliphatic heterocycles. The highest BCUT2D eigenvalue weighted by Crippen LogP contribution is 2.23. The van der Waals surface area contributed by atoms with Gasteiger partial charge in [-0.3, -0.25) is 4.79 Å². The monoisotopic (exact) mass is 369 g/mol. The molecule has 7 nitrogen and oxygen atoms in total. The average Bonchev–Trinajstić information content (AvgIpc) is 2.54. The fourth-order valence-corrected chi connectivity index (χ4v) is 3.95. The lowest BCUT2D eigenvalue weighted by Crippen LogP contribution is -2.47. The highest BCUT2D eigenvalue weighted by molar-refractivity contribution is 7.86. The Bertz CT molecular complexity index is 704. The third-order valence-electron chi connectivity index (χ3n) is 4.02. The first-order valence-electron chi connectivity index (χ1n) is 8.45. The Labute approximate surface area is 150 Å². The summed E-state index contributed by atoms with van der Waals surface area (Å²) in [5.74, 6) is 0.159. The van der Waals surface area contributed by atoms with Crippen molar-refractivity contribution in [2.45, 2.75) is 32.8 Å². The molecule has 0 spiro atoms. The van der Waals surface area contributed by atoms with Crippen LogP contribution in [0.2, 0.25) is 0 Å². The molecule has 25 heavy (non-hydrogen) atoms. The first kappa shape index (κ1) is 19.7. The van der Waals surface area contributed by atoms with Gasteiger partial charge in [0.2, 0.25) is 5.91 Å². The van der Waals surface area contributed by atoms with Gasteiger partial charge in [0.15, 0.2) is 0 Å². The summed E-state index contributed by atoms with van der Waals surface area (Å²) < 4.78 is 32.7. The van der Waals surface area contributed by atoms with Gasteiger partial charge in [-0.2, -0.15) is 17.0 Å². The first-order valence-corrected chi connectivity index (χ1v) is 9.85. The molecule has 2 rings (SSSR count). The van der Waals surface area contributed by atoms with Crippen molar-refractivity contribution in [3.05, 3.63) is 24.3 Å². The highest BCUT2D eigenvalue weighted by Gasteiger charge is 2.33. The van der Waals surface area contributed by atoms with E-state index < -0.39 is 10.2 Å². The van der Waals surface area contributed by atoms with Gasteiger partial charge < -0.3 is 10.1 Å². The summed E-state index contributed by atoms with van der Waals surface area (Å²) in [5.41, 5.74) is 0.649. The standard InChI is InChI=1S/C17H27N3O4S/c1-13(2)24-16-9-5-8-15(11-16)18-17(21)14-7-6-10-20(12-14)25(22,23)19(3)4/h5,8-9,11,13-14H,6-7,10,12H2,1-4H3,(H,18,21)/t14-/m0/s1. The van der Waals surface area contributed by atoms with Gasteiger partial charge in [0.1, 0.15) is 5.75 Å². The van der Waals surface area contributed by atoms with Gasteiger partial charge in [-0.15, -0.1) is 0 Å². The summed E-state index contributed by atoms with van der Waals surface area (Å²) >= 11 is 0. The Hall–Kier alpha value is -1.64. The van der Waals surface area contributed by atoms with Crippen LogP contribution in [0.1, 0.15) is 26.7 Å². The number of nitrogens with one attached hydrogen (secondary N) is 1. The van der Waals surface area contributed by atoms with E-state index in [1.807, 2.05) is 26.0 Å². The quantitative estimate of drug-likeness (QED) is 0.831. The summed E-state index contributed by atoms with van der Waals surface area (Å²) in [7, 11) is -0.494. The summed E-state index contributed by atoms with van der Waals surface area (Å²) in [4.78, 5) is 12.6. The van der Waals surface area contributed by atoms with Crippen LogP contribution in [0.5, 0.6) is 5.75 Å². The number of hydrogen-bond donors (Lipinski definition) is 1. The molecule has 0 radical (unpaired) electrons. The van der Waals surface area contributed by atoms with E-state index in [2.05, 4.69) is 5.32 Å². The third kappa shape index (κ3) is 5.17. The molecule has 1 saturated heterocycles. The number of amides is 1. The molecular weight excluding hydrogens is 342 g/mol. The van der Waals surface area contributed by atoms with Crippen LogP contribution in [-0.4, -0.2) is 56.2 Å². The lowest BCUT2D eigenvalue weighted by Gasteiger charge is -2.32. The van der Waals surface area contributed by atoms with E-state index in [-0.39, 0.29) is 24.5 Å². The Morgan fingerprint density at radius 2 is 2.08 bits per heavy atom. The van der Waals surface area contributed by atoms with Crippen LogP contribution >= 0.6 is 0 Å². The lowest BCUT2D eigenvalue weighted by atomic mass is 9.98. The number of benzene rings is 1. The minimum Gasteiger partial charge on any atom is -0.491 e. The topological polar surface area (TPSA) is 79.0 Å². The first-order chi connectivity index (χ1) is 11.7. The van der Waals surface area contributed by atoms with Crippen LogP contribution < -0.4 is 10.1 Å². The summed E-state index contributed by atoms with van der Waals surface area (Å²) in [6.07, 6.45) is 1.39. The lowest BCUT2D eigenvalue weighted by molar-refractivity contribution is -0.120. The summed E-state index contributed by atoms with van der Waals surface area (Å²) in [6.45, 7) is 4.52. The Balaban J connectivity index is 2.03. The van der Waals surface area contributed by atoms with E-state index in [1.54, 1.807) is 12.1 Å². The average molecular weight is 369 g/mol. The van der Waals surface area contributed by atoms with Gasteiger partial charge in [-0.1, -0.05) is 6.07 Å². The molecule has 0 unspecified atom stereocenters. The zero-order valence-electron chi connectivity index (χ0n) is 15.2. The molecule has 8 heteroatoms. The molecule has 1 N–H and O–H groups in total. The van der Waals surface area contributed by atoms with Crippen molar-refractivity contribution in [3.8, 4) is 5.75 Å². The molecule has 1 amide bonds. The van der Waals surface area contributed by atoms with Gasteiger partial charge in [0, 0.05) is 38.9 Å². The number of rotatable bonds is 6. The van der Waals surface area contributed by atoms with E-state index in [0.29, 0.717) is 30.8 Å². The molecule has 0 bridgehead atoms. The molecular formula is C17H27N3O4S. The molecule has 0 aliphatic carbocycles. The van der Waals surface area contributed by atoms with Gasteiger partial charge in [-0.05, 0) is 38.8 Å². The molecule has 1 aromatic rings. The van der Waals surface area contributed by atoms with E-state index in [1.165, 1.54) is 22.7 Å². The van der Waals surface area contributed by atoms with Crippen LogP contribution in [0.15, 0.2) is 24.3 Å². The SMILES string of the molecule is CC(C)Oc1cccc(NC(=O)[C@H]2CCCN(S(=O)(=O)N(C)C)C2)c1. The maximum absolute atomic E-state index is 12.6. The van der Waals surface area contributed by atoms with Crippen molar-refractivity contribution in [2.75, 3.05) is 32.5 Å². The minimum absolute atomic E-state index is 0.0501. The van der Waals surface area contributed by atoms with Crippen LogP contribution in [0.3, 0.4) is 0 Å². The second kappa shape index (κ2) is 8.16. The molecule has 140 valence electrons. The van der Waals surface area contributed by atoms with Crippen molar-refractivity contribution < 1.29 is 17.9 Å². The van der Waals surface area contributed by atoms with Gasteiger partial charge in [0.25, 0.3) is 10.2 Å². The van der Waals surface area contributed by atoms with Crippen molar-refractivity contribution >= 4 is 21.8 Å². The number of nitrogens with zero attached hydrogens (tertiary/aromatic N) is 2. The zero-order chi connectivity index (χ0) is 18.6. The highest BCUT2D eigenvalue weighted by atomic mass is 32.2. The Morgan fingerprint density at radius 3 is 2.72 bits per heavy atom. The van der Waals surface area contributed by atoms with Crippen LogP contribution in [0, 0.1) is 5.92 Å². The number of piperidine rings is 1. The third-order valence-corrected chi connectivity index (χ3v) is 5.92. The maximum Gasteiger partial charge on any atom is 0.281 e. The molecule has 1 atom stereocenters. The van der Waals surface area contributed by atoms with Crippen molar-refractivity contribution in [1.29, 1.82) is 0 Å². The van der Waals surface area contributed by atoms with Crippen molar-refractivity contribution in [2.24, 2.45) is 5.92 Å². The number of hydrogen-bond acceptors (Lipinski definition) is 4. The number of ether oxygens (including phenoxy) is 1. The number of carbonyl (C=O) groups excluding carboxylic acids is 1. The number of anilines is 1. The Morgan fingerprint density at radius 1 is 1.36 bits per heavy atom. The normalized spacial score (nSPS) is 19.2. The van der Waals surface area contributed by atoms with Crippen LogP contribution in [0.4, 0.5) is 5.69 Å². The predicted molar refractivity (Wildman–Crippen MR) is 97.7 cm³/mol. The van der Waals surface area contributed by atoms with E-state index in [4.69, 9.17) is 4.74 Å². The molecule has 0 aromatic heterocycles. The number of carbonyl (C=O) groups is 1. The largest absolute Gasteiger partial charge is 0.491 e. The van der Waals surface area contributed by atoms with E-state index >= 15 is 0 Å². The fourth-order valence-electron chi connectivity index (χ4n) is 2.76. The fraction of sp³-hybridized carbons (Fsp3) is 0.588. The molecule has 1 fully saturated rings. The molecule has 0 saturated carbocycles. The van der Waals surface area contributed by atoms with Crippen LogP contribution in [-0.2, 0) is 15.0 Å². The maximum atomic E-state index is 12.6. The van der Waals surface area contributed by atoms with Crippen molar-refractivity contribution in [3.63, 3.8) is 0 Å². The second-order valence-electron chi connectivity index (χ2n) is 6.67. The minimum atomic E-state index is -3.49. The predicted octanol–water partition coefficient (Wildman–Crippen LogP) is 1.93. The smallest absolute Gasteiger partial charge is 0.281 e. The van der Waals surface area contributed by atoms with E-state index in [0.717, 1.165) is 0 Å². The second-order valence-corrected chi connectivity index (χ2v) is 8.81. The molecule has 1 aromatic carbocycles. The molecule has 1 aliphatic rings. The van der Waals surface area contributed by atoms with Crippen LogP contribution in [0.25, 0.3) is 0 Å². The van der Waals surface area contributed by atoms with Gasteiger partial charge in [0.05, 0.1) is 12.0 Å².